The van der Waals surface area contributed by atoms with Gasteiger partial charge in [-0.25, -0.2) is 14.8 Å². The molecule has 2 aromatic rings. The van der Waals surface area contributed by atoms with Gasteiger partial charge in [0.15, 0.2) is 0 Å². The number of benzene rings is 1. The molecule has 1 aliphatic heterocycles. The molecule has 0 saturated carbocycles. The Morgan fingerprint density at radius 3 is 2.29 bits per heavy atom. The van der Waals surface area contributed by atoms with Crippen molar-refractivity contribution in [2.45, 2.75) is 39.8 Å². The van der Waals surface area contributed by atoms with Crippen LogP contribution in [0.2, 0.25) is 0 Å². The van der Waals surface area contributed by atoms with Crippen molar-refractivity contribution in [2.75, 3.05) is 37.6 Å². The number of nitrogens with zero attached hydrogens (tertiary/aromatic N) is 5. The molecule has 1 N–H and O–H groups in total. The van der Waals surface area contributed by atoms with Crippen LogP contribution in [-0.4, -0.2) is 81.2 Å². The average molecular weight is 470 g/mol. The van der Waals surface area contributed by atoms with Crippen molar-refractivity contribution >= 4 is 23.9 Å². The van der Waals surface area contributed by atoms with Crippen molar-refractivity contribution in [3.63, 3.8) is 0 Å². The van der Waals surface area contributed by atoms with E-state index in [1.54, 1.807) is 11.8 Å². The standard InChI is InChI=1S/C24H31N5O5/c1-17-19(21(32)29(16-20(30)31)15-18-8-6-5-7-9-18)14-25-22(26-17)27-10-12-28(13-11-27)23(33)34-24(2,3)4/h5-9,14H,10-13,15-16H2,1-4H3,(H,30,31). The minimum absolute atomic E-state index is 0.166. The summed E-state index contributed by atoms with van der Waals surface area (Å²) in [5.74, 6) is -1.07. The minimum Gasteiger partial charge on any atom is -0.480 e. The fourth-order valence-electron chi connectivity index (χ4n) is 3.57. The SMILES string of the molecule is Cc1nc(N2CCN(C(=O)OC(C)(C)C)CC2)ncc1C(=O)N(CC(=O)O)Cc1ccccc1. The van der Waals surface area contributed by atoms with Crippen molar-refractivity contribution < 1.29 is 24.2 Å². The highest BCUT2D eigenvalue weighted by molar-refractivity contribution is 5.96. The number of aryl methyl sites for hydroxylation is 1. The van der Waals surface area contributed by atoms with Gasteiger partial charge in [0.25, 0.3) is 5.91 Å². The molecule has 1 aromatic heterocycles. The Hall–Kier alpha value is -3.69. The first-order chi connectivity index (χ1) is 16.0. The third-order valence-corrected chi connectivity index (χ3v) is 5.24. The molecule has 34 heavy (non-hydrogen) atoms. The Bertz CT molecular complexity index is 1030. The zero-order chi connectivity index (χ0) is 24.9. The number of rotatable bonds is 6. The number of ether oxygens (including phenoxy) is 1. The number of carbonyl (C=O) groups is 3. The van der Waals surface area contributed by atoms with Crippen LogP contribution in [0.15, 0.2) is 36.5 Å². The Morgan fingerprint density at radius 1 is 1.09 bits per heavy atom. The van der Waals surface area contributed by atoms with Crippen LogP contribution in [0.25, 0.3) is 0 Å². The summed E-state index contributed by atoms with van der Waals surface area (Å²) in [5, 5.41) is 9.30. The predicted molar refractivity (Wildman–Crippen MR) is 126 cm³/mol. The number of aromatic nitrogens is 2. The van der Waals surface area contributed by atoms with Crippen LogP contribution in [0.5, 0.6) is 0 Å². The van der Waals surface area contributed by atoms with E-state index >= 15 is 0 Å². The van der Waals surface area contributed by atoms with Gasteiger partial charge in [-0.2, -0.15) is 0 Å². The molecule has 0 bridgehead atoms. The topological polar surface area (TPSA) is 116 Å². The lowest BCUT2D eigenvalue weighted by Gasteiger charge is -2.35. The highest BCUT2D eigenvalue weighted by Crippen LogP contribution is 2.18. The fraction of sp³-hybridized carbons (Fsp3) is 0.458. The maximum absolute atomic E-state index is 13.1. The summed E-state index contributed by atoms with van der Waals surface area (Å²) < 4.78 is 5.43. The molecule has 0 atom stereocenters. The molecule has 1 fully saturated rings. The van der Waals surface area contributed by atoms with E-state index in [0.29, 0.717) is 37.8 Å². The van der Waals surface area contributed by atoms with Gasteiger partial charge in [-0.05, 0) is 33.3 Å². The van der Waals surface area contributed by atoms with Crippen molar-refractivity contribution in [2.24, 2.45) is 0 Å². The van der Waals surface area contributed by atoms with Crippen molar-refractivity contribution in [3.8, 4) is 0 Å². The van der Waals surface area contributed by atoms with Gasteiger partial charge >= 0.3 is 12.1 Å². The fourth-order valence-corrected chi connectivity index (χ4v) is 3.57. The number of carbonyl (C=O) groups excluding carboxylic acids is 2. The monoisotopic (exact) mass is 469 g/mol. The van der Waals surface area contributed by atoms with Crippen LogP contribution < -0.4 is 4.90 Å². The van der Waals surface area contributed by atoms with E-state index in [0.717, 1.165) is 5.56 Å². The number of carboxylic acid groups (broad SMARTS) is 1. The molecule has 1 aliphatic rings. The summed E-state index contributed by atoms with van der Waals surface area (Å²) in [7, 11) is 0. The van der Waals surface area contributed by atoms with Crippen LogP contribution in [0.3, 0.4) is 0 Å². The summed E-state index contributed by atoms with van der Waals surface area (Å²) in [4.78, 5) is 50.5. The zero-order valence-electron chi connectivity index (χ0n) is 20.0. The van der Waals surface area contributed by atoms with Gasteiger partial charge in [0.2, 0.25) is 5.95 Å². The smallest absolute Gasteiger partial charge is 0.410 e. The normalized spacial score (nSPS) is 14.0. The lowest BCUT2D eigenvalue weighted by Crippen LogP contribution is -2.50. The molecule has 0 spiro atoms. The second kappa shape index (κ2) is 10.5. The quantitative estimate of drug-likeness (QED) is 0.686. The lowest BCUT2D eigenvalue weighted by atomic mass is 10.1. The van der Waals surface area contributed by atoms with E-state index < -0.39 is 24.0 Å². The number of hydrogen-bond donors (Lipinski definition) is 1. The van der Waals surface area contributed by atoms with Crippen LogP contribution in [0, 0.1) is 6.92 Å². The lowest BCUT2D eigenvalue weighted by molar-refractivity contribution is -0.137. The zero-order valence-corrected chi connectivity index (χ0v) is 20.0. The summed E-state index contributed by atoms with van der Waals surface area (Å²) >= 11 is 0. The minimum atomic E-state index is -1.10. The molecule has 1 saturated heterocycles. The number of hydrogen-bond acceptors (Lipinski definition) is 7. The van der Waals surface area contributed by atoms with E-state index in [2.05, 4.69) is 9.97 Å². The number of piperazine rings is 1. The van der Waals surface area contributed by atoms with Crippen molar-refractivity contribution in [1.82, 2.24) is 19.8 Å². The van der Waals surface area contributed by atoms with Gasteiger partial charge < -0.3 is 24.5 Å². The van der Waals surface area contributed by atoms with Gasteiger partial charge in [0.05, 0.1) is 11.3 Å². The second-order valence-electron chi connectivity index (χ2n) is 9.16. The Labute approximate surface area is 199 Å². The van der Waals surface area contributed by atoms with Crippen molar-refractivity contribution in [3.05, 3.63) is 53.3 Å². The van der Waals surface area contributed by atoms with Crippen LogP contribution in [0.1, 0.15) is 42.4 Å². The number of amides is 2. The van der Waals surface area contributed by atoms with Crippen LogP contribution in [0.4, 0.5) is 10.7 Å². The summed E-state index contributed by atoms with van der Waals surface area (Å²) in [5.41, 5.74) is 1.00. The summed E-state index contributed by atoms with van der Waals surface area (Å²) in [6.45, 7) is 8.95. The van der Waals surface area contributed by atoms with Gasteiger partial charge in [0.1, 0.15) is 12.1 Å². The third kappa shape index (κ3) is 6.66. The van der Waals surface area contributed by atoms with Gasteiger partial charge in [0, 0.05) is 38.9 Å². The largest absolute Gasteiger partial charge is 0.480 e. The Kier molecular flexibility index (Phi) is 7.70. The molecule has 0 unspecified atom stereocenters. The molecule has 10 nitrogen and oxygen atoms in total. The third-order valence-electron chi connectivity index (χ3n) is 5.24. The number of carboxylic acids is 1. The van der Waals surface area contributed by atoms with Crippen LogP contribution >= 0.6 is 0 Å². The molecule has 10 heteroatoms. The highest BCUT2D eigenvalue weighted by atomic mass is 16.6. The maximum atomic E-state index is 13.1. The first kappa shape index (κ1) is 24.9. The predicted octanol–water partition coefficient (Wildman–Crippen LogP) is 2.57. The summed E-state index contributed by atoms with van der Waals surface area (Å²) in [6.07, 6.45) is 1.10. The Balaban J connectivity index is 1.68. The molecule has 0 radical (unpaired) electrons. The van der Waals surface area contributed by atoms with Gasteiger partial charge in [-0.15, -0.1) is 0 Å². The maximum Gasteiger partial charge on any atom is 0.410 e. The molecule has 182 valence electrons. The molecule has 3 rings (SSSR count). The first-order valence-electron chi connectivity index (χ1n) is 11.1. The summed E-state index contributed by atoms with van der Waals surface area (Å²) in [6, 6.07) is 9.21. The van der Waals surface area contributed by atoms with E-state index in [1.807, 2.05) is 56.0 Å². The van der Waals surface area contributed by atoms with E-state index in [4.69, 9.17) is 4.74 Å². The number of anilines is 1. The van der Waals surface area contributed by atoms with Crippen molar-refractivity contribution in [1.29, 1.82) is 0 Å². The average Bonchev–Trinajstić information content (AvgIpc) is 2.77. The van der Waals surface area contributed by atoms with Crippen LogP contribution in [-0.2, 0) is 16.1 Å². The molecule has 2 heterocycles. The van der Waals surface area contributed by atoms with Gasteiger partial charge in [-0.1, -0.05) is 30.3 Å². The first-order valence-corrected chi connectivity index (χ1v) is 11.1. The van der Waals surface area contributed by atoms with E-state index in [1.165, 1.54) is 11.1 Å². The van der Waals surface area contributed by atoms with Gasteiger partial charge in [-0.3, -0.25) is 9.59 Å². The van der Waals surface area contributed by atoms with E-state index in [-0.39, 0.29) is 18.2 Å². The van der Waals surface area contributed by atoms with E-state index in [9.17, 15) is 19.5 Å². The molecule has 1 aromatic carbocycles. The molecular formula is C24H31N5O5. The Morgan fingerprint density at radius 2 is 1.74 bits per heavy atom. The second-order valence-corrected chi connectivity index (χ2v) is 9.16. The molecule has 2 amide bonds. The molecule has 0 aliphatic carbocycles. The molecular weight excluding hydrogens is 438 g/mol. The highest BCUT2D eigenvalue weighted by Gasteiger charge is 2.28. The number of aliphatic carboxylic acids is 1.